The molecule has 21 heavy (non-hydrogen) atoms. The van der Waals surface area contributed by atoms with E-state index >= 15 is 0 Å². The normalized spacial score (nSPS) is 12.0. The number of amides is 2. The number of hydrogen-bond donors (Lipinski definition) is 2. The number of carbonyl (C=O) groups excluding carboxylic acids is 1. The lowest BCUT2D eigenvalue weighted by Crippen LogP contribution is -2.28. The molecule has 1 heterocycles. The van der Waals surface area contributed by atoms with E-state index in [9.17, 15) is 4.79 Å². The van der Waals surface area contributed by atoms with Crippen molar-refractivity contribution < 1.29 is 14.3 Å². The van der Waals surface area contributed by atoms with Gasteiger partial charge in [0.2, 0.25) is 6.79 Å². The molecule has 0 saturated heterocycles. The molecular weight excluding hydrogens is 336 g/mol. The van der Waals surface area contributed by atoms with Crippen LogP contribution in [0.3, 0.4) is 0 Å². The number of fused-ring (bicyclic) bond motifs is 1. The SMILES string of the molecule is O=C(NCc1ccccc1Br)Nc1ccc2c(c1)OCO2. The standard InChI is InChI=1S/C15H13BrN2O3/c16-12-4-2-1-3-10(12)8-17-15(19)18-11-5-6-13-14(7-11)21-9-20-13/h1-7H,8-9H2,(H2,17,18,19). The number of rotatable bonds is 3. The number of benzene rings is 2. The van der Waals surface area contributed by atoms with E-state index in [0.717, 1.165) is 10.0 Å². The third kappa shape index (κ3) is 3.28. The van der Waals surface area contributed by atoms with Crippen molar-refractivity contribution in [2.45, 2.75) is 6.54 Å². The molecule has 0 spiro atoms. The Hall–Kier alpha value is -2.21. The maximum absolute atomic E-state index is 11.9. The zero-order valence-corrected chi connectivity index (χ0v) is 12.6. The van der Waals surface area contributed by atoms with Crippen molar-refractivity contribution in [1.29, 1.82) is 0 Å². The van der Waals surface area contributed by atoms with Crippen LogP contribution in [0.5, 0.6) is 11.5 Å². The molecule has 5 nitrogen and oxygen atoms in total. The molecular formula is C15H13BrN2O3. The summed E-state index contributed by atoms with van der Waals surface area (Å²) in [4.78, 5) is 11.9. The Morgan fingerprint density at radius 2 is 1.95 bits per heavy atom. The molecule has 3 rings (SSSR count). The third-order valence-corrected chi connectivity index (χ3v) is 3.80. The van der Waals surface area contributed by atoms with Gasteiger partial charge in [-0.2, -0.15) is 0 Å². The van der Waals surface area contributed by atoms with E-state index in [1.165, 1.54) is 0 Å². The molecule has 0 radical (unpaired) electrons. The molecule has 0 aromatic heterocycles. The largest absolute Gasteiger partial charge is 0.454 e. The second-order valence-electron chi connectivity index (χ2n) is 4.47. The number of anilines is 1. The molecule has 108 valence electrons. The molecule has 2 amide bonds. The van der Waals surface area contributed by atoms with Gasteiger partial charge >= 0.3 is 6.03 Å². The first kappa shape index (κ1) is 13.8. The summed E-state index contributed by atoms with van der Waals surface area (Å²) in [6.07, 6.45) is 0. The molecule has 0 aliphatic carbocycles. The van der Waals surface area contributed by atoms with Crippen molar-refractivity contribution in [3.8, 4) is 11.5 Å². The zero-order valence-electron chi connectivity index (χ0n) is 11.1. The number of halogens is 1. The van der Waals surface area contributed by atoms with E-state index in [1.54, 1.807) is 18.2 Å². The highest BCUT2D eigenvalue weighted by Crippen LogP contribution is 2.34. The summed E-state index contributed by atoms with van der Waals surface area (Å²) in [5.74, 6) is 1.33. The van der Waals surface area contributed by atoms with Gasteiger partial charge in [0.05, 0.1) is 0 Å². The molecule has 2 aromatic carbocycles. The molecule has 1 aliphatic rings. The van der Waals surface area contributed by atoms with E-state index < -0.39 is 0 Å². The van der Waals surface area contributed by atoms with E-state index in [2.05, 4.69) is 26.6 Å². The summed E-state index contributed by atoms with van der Waals surface area (Å²) in [5.41, 5.74) is 1.67. The van der Waals surface area contributed by atoms with Crippen molar-refractivity contribution in [3.63, 3.8) is 0 Å². The van der Waals surface area contributed by atoms with Gasteiger partial charge < -0.3 is 20.1 Å². The van der Waals surface area contributed by atoms with Gasteiger partial charge in [-0.05, 0) is 23.8 Å². The highest BCUT2D eigenvalue weighted by molar-refractivity contribution is 9.10. The predicted octanol–water partition coefficient (Wildman–Crippen LogP) is 3.50. The Balaban J connectivity index is 1.58. The van der Waals surface area contributed by atoms with Crippen molar-refractivity contribution in [2.75, 3.05) is 12.1 Å². The van der Waals surface area contributed by atoms with Crippen LogP contribution in [0, 0.1) is 0 Å². The van der Waals surface area contributed by atoms with Gasteiger partial charge in [-0.1, -0.05) is 34.1 Å². The number of nitrogens with one attached hydrogen (secondary N) is 2. The van der Waals surface area contributed by atoms with E-state index in [-0.39, 0.29) is 12.8 Å². The Bertz CT molecular complexity index is 676. The molecule has 0 unspecified atom stereocenters. The van der Waals surface area contributed by atoms with Gasteiger partial charge in [0.1, 0.15) is 0 Å². The van der Waals surface area contributed by atoms with Gasteiger partial charge in [0, 0.05) is 22.8 Å². The van der Waals surface area contributed by atoms with Crippen molar-refractivity contribution in [3.05, 3.63) is 52.5 Å². The Kier molecular flexibility index (Phi) is 3.96. The predicted molar refractivity (Wildman–Crippen MR) is 82.6 cm³/mol. The maximum Gasteiger partial charge on any atom is 0.319 e. The van der Waals surface area contributed by atoms with E-state index in [1.807, 2.05) is 24.3 Å². The molecule has 2 N–H and O–H groups in total. The van der Waals surface area contributed by atoms with Crippen LogP contribution in [-0.2, 0) is 6.54 Å². The summed E-state index contributed by atoms with van der Waals surface area (Å²) < 4.78 is 11.5. The smallest absolute Gasteiger partial charge is 0.319 e. The molecule has 0 bridgehead atoms. The van der Waals surface area contributed by atoms with Gasteiger partial charge in [0.15, 0.2) is 11.5 Å². The van der Waals surface area contributed by atoms with Crippen LogP contribution in [0.25, 0.3) is 0 Å². The fourth-order valence-corrected chi connectivity index (χ4v) is 2.39. The van der Waals surface area contributed by atoms with Gasteiger partial charge in [-0.3, -0.25) is 0 Å². The highest BCUT2D eigenvalue weighted by atomic mass is 79.9. The highest BCUT2D eigenvalue weighted by Gasteiger charge is 2.14. The third-order valence-electron chi connectivity index (χ3n) is 3.03. The van der Waals surface area contributed by atoms with Gasteiger partial charge in [-0.25, -0.2) is 4.79 Å². The van der Waals surface area contributed by atoms with Crippen molar-refractivity contribution >= 4 is 27.6 Å². The summed E-state index contributed by atoms with van der Waals surface area (Å²) in [6.45, 7) is 0.658. The van der Waals surface area contributed by atoms with Crippen molar-refractivity contribution in [2.24, 2.45) is 0 Å². The van der Waals surface area contributed by atoms with Crippen LogP contribution in [-0.4, -0.2) is 12.8 Å². The monoisotopic (exact) mass is 348 g/mol. The topological polar surface area (TPSA) is 59.6 Å². The number of hydrogen-bond acceptors (Lipinski definition) is 3. The fourth-order valence-electron chi connectivity index (χ4n) is 1.97. The van der Waals surface area contributed by atoms with E-state index in [0.29, 0.717) is 23.7 Å². The minimum absolute atomic E-state index is 0.215. The molecule has 0 atom stereocenters. The minimum Gasteiger partial charge on any atom is -0.454 e. The minimum atomic E-state index is -0.274. The summed E-state index contributed by atoms with van der Waals surface area (Å²) in [5, 5.41) is 5.56. The van der Waals surface area contributed by atoms with Crippen LogP contribution in [0.2, 0.25) is 0 Å². The Labute approximate surface area is 130 Å². The number of ether oxygens (including phenoxy) is 2. The average molecular weight is 349 g/mol. The van der Waals surface area contributed by atoms with Crippen LogP contribution in [0.4, 0.5) is 10.5 Å². The molecule has 6 heteroatoms. The lowest BCUT2D eigenvalue weighted by Gasteiger charge is -2.09. The molecule has 1 aliphatic heterocycles. The summed E-state index contributed by atoms with van der Waals surface area (Å²) in [6, 6.07) is 12.7. The first-order chi connectivity index (χ1) is 10.2. The average Bonchev–Trinajstić information content (AvgIpc) is 2.94. The zero-order chi connectivity index (χ0) is 14.7. The molecule has 2 aromatic rings. The fraction of sp³-hybridized carbons (Fsp3) is 0.133. The summed E-state index contributed by atoms with van der Waals surface area (Å²) in [7, 11) is 0. The van der Waals surface area contributed by atoms with E-state index in [4.69, 9.17) is 9.47 Å². The first-order valence-electron chi connectivity index (χ1n) is 6.40. The van der Waals surface area contributed by atoms with Gasteiger partial charge in [0.25, 0.3) is 0 Å². The Morgan fingerprint density at radius 1 is 1.14 bits per heavy atom. The van der Waals surface area contributed by atoms with Gasteiger partial charge in [-0.15, -0.1) is 0 Å². The van der Waals surface area contributed by atoms with Crippen molar-refractivity contribution in [1.82, 2.24) is 5.32 Å². The van der Waals surface area contributed by atoms with Crippen LogP contribution in [0.1, 0.15) is 5.56 Å². The second kappa shape index (κ2) is 6.05. The lowest BCUT2D eigenvalue weighted by atomic mass is 10.2. The summed E-state index contributed by atoms with van der Waals surface area (Å²) >= 11 is 3.44. The molecule has 0 saturated carbocycles. The lowest BCUT2D eigenvalue weighted by molar-refractivity contribution is 0.174. The van der Waals surface area contributed by atoms with Crippen LogP contribution >= 0.6 is 15.9 Å². The van der Waals surface area contributed by atoms with Crippen LogP contribution in [0.15, 0.2) is 46.9 Å². The quantitative estimate of drug-likeness (QED) is 0.892. The molecule has 0 fully saturated rings. The van der Waals surface area contributed by atoms with Crippen LogP contribution < -0.4 is 20.1 Å². The first-order valence-corrected chi connectivity index (χ1v) is 7.19. The maximum atomic E-state index is 11.9. The second-order valence-corrected chi connectivity index (χ2v) is 5.32. The Morgan fingerprint density at radius 3 is 2.81 bits per heavy atom. The number of carbonyl (C=O) groups is 1. The number of urea groups is 1.